The van der Waals surface area contributed by atoms with E-state index in [9.17, 15) is 0 Å². The highest BCUT2D eigenvalue weighted by molar-refractivity contribution is 7.09. The van der Waals surface area contributed by atoms with Gasteiger partial charge in [-0.05, 0) is 0 Å². The molecule has 0 fully saturated rings. The summed E-state index contributed by atoms with van der Waals surface area (Å²) in [6.45, 7) is 1.14. The second kappa shape index (κ2) is 4.43. The molecule has 1 radical (unpaired) electrons. The predicted molar refractivity (Wildman–Crippen MR) is 42.4 cm³/mol. The molecule has 0 unspecified atom stereocenters. The van der Waals surface area contributed by atoms with Crippen LogP contribution in [0.1, 0.15) is 10.6 Å². The van der Waals surface area contributed by atoms with Crippen molar-refractivity contribution < 1.29 is 9.47 Å². The summed E-state index contributed by atoms with van der Waals surface area (Å²) in [5, 5.41) is 0. The summed E-state index contributed by atoms with van der Waals surface area (Å²) in [6, 6.07) is 0. The van der Waals surface area contributed by atoms with Gasteiger partial charge in [-0.25, -0.2) is 4.98 Å². The zero-order valence-corrected chi connectivity index (χ0v) is 7.40. The Labute approximate surface area is 70.0 Å². The maximum Gasteiger partial charge on any atom is 0.152 e. The maximum absolute atomic E-state index is 4.97. The van der Waals surface area contributed by atoms with Crippen LogP contribution in [-0.2, 0) is 22.7 Å². The van der Waals surface area contributed by atoms with Gasteiger partial charge >= 0.3 is 0 Å². The number of hydrogen-bond acceptors (Lipinski definition) is 4. The Kier molecular flexibility index (Phi) is 3.48. The van der Waals surface area contributed by atoms with Crippen LogP contribution in [0.4, 0.5) is 0 Å². The predicted octanol–water partition coefficient (Wildman–Crippen LogP) is 1.24. The monoisotopic (exact) mass is 172 g/mol. The van der Waals surface area contributed by atoms with E-state index in [1.807, 2.05) is 0 Å². The van der Waals surface area contributed by atoms with E-state index in [0.717, 1.165) is 10.6 Å². The van der Waals surface area contributed by atoms with E-state index in [1.165, 1.54) is 11.3 Å². The molecule has 0 aromatic carbocycles. The summed E-state index contributed by atoms with van der Waals surface area (Å²) in [6.07, 6.45) is 0. The Morgan fingerprint density at radius 2 is 2.09 bits per heavy atom. The molecule has 0 saturated carbocycles. The highest BCUT2D eigenvalue weighted by atomic mass is 32.1. The third-order valence-electron chi connectivity index (χ3n) is 1.23. The van der Waals surface area contributed by atoms with Crippen molar-refractivity contribution in [3.8, 4) is 0 Å². The SMILES string of the molecule is COCc1n[c]sc1COC. The molecule has 0 aliphatic heterocycles. The van der Waals surface area contributed by atoms with Crippen molar-refractivity contribution in [3.63, 3.8) is 0 Å². The molecule has 0 saturated heterocycles. The number of methoxy groups -OCH3 is 2. The highest BCUT2D eigenvalue weighted by Crippen LogP contribution is 2.13. The summed E-state index contributed by atoms with van der Waals surface area (Å²) < 4.78 is 9.91. The molecule has 0 spiro atoms. The molecule has 1 rings (SSSR count). The van der Waals surface area contributed by atoms with E-state index < -0.39 is 0 Å². The summed E-state index contributed by atoms with van der Waals surface area (Å²) in [5.74, 6) is 0. The lowest BCUT2D eigenvalue weighted by Crippen LogP contribution is -1.94. The van der Waals surface area contributed by atoms with Crippen molar-refractivity contribution in [1.29, 1.82) is 0 Å². The van der Waals surface area contributed by atoms with Crippen LogP contribution in [-0.4, -0.2) is 19.2 Å². The second-order valence-corrected chi connectivity index (χ2v) is 2.92. The van der Waals surface area contributed by atoms with Crippen LogP contribution in [0, 0.1) is 5.51 Å². The number of hydrogen-bond donors (Lipinski definition) is 0. The standard InChI is InChI=1S/C7H10NO2S/c1-9-3-6-7(4-10-2)11-5-8-6/h3-4H2,1-2H3. The molecule has 1 heterocycles. The van der Waals surface area contributed by atoms with Gasteiger partial charge < -0.3 is 9.47 Å². The van der Waals surface area contributed by atoms with Gasteiger partial charge in [0, 0.05) is 14.2 Å². The molecular formula is C7H10NO2S. The van der Waals surface area contributed by atoms with Crippen molar-refractivity contribution in [1.82, 2.24) is 4.98 Å². The van der Waals surface area contributed by atoms with E-state index in [-0.39, 0.29) is 0 Å². The highest BCUT2D eigenvalue weighted by Gasteiger charge is 2.04. The van der Waals surface area contributed by atoms with E-state index >= 15 is 0 Å². The van der Waals surface area contributed by atoms with Gasteiger partial charge in [0.1, 0.15) is 0 Å². The quantitative estimate of drug-likeness (QED) is 0.684. The number of thiazole rings is 1. The number of rotatable bonds is 4. The molecule has 4 heteroatoms. The van der Waals surface area contributed by atoms with Gasteiger partial charge in [-0.2, -0.15) is 0 Å². The van der Waals surface area contributed by atoms with E-state index in [0.29, 0.717) is 13.2 Å². The van der Waals surface area contributed by atoms with Crippen molar-refractivity contribution in [2.75, 3.05) is 14.2 Å². The van der Waals surface area contributed by atoms with Crippen LogP contribution in [0.3, 0.4) is 0 Å². The minimum Gasteiger partial charge on any atom is -0.379 e. The summed E-state index contributed by atoms with van der Waals surface area (Å²) in [5.41, 5.74) is 3.73. The molecule has 0 atom stereocenters. The molecule has 1 aromatic heterocycles. The van der Waals surface area contributed by atoms with Crippen molar-refractivity contribution in [3.05, 3.63) is 16.1 Å². The summed E-state index contributed by atoms with van der Waals surface area (Å²) in [7, 11) is 3.31. The largest absolute Gasteiger partial charge is 0.379 e. The van der Waals surface area contributed by atoms with Crippen LogP contribution in [0.25, 0.3) is 0 Å². The van der Waals surface area contributed by atoms with Crippen molar-refractivity contribution >= 4 is 11.3 Å². The van der Waals surface area contributed by atoms with Gasteiger partial charge in [0.05, 0.1) is 23.8 Å². The summed E-state index contributed by atoms with van der Waals surface area (Å²) in [4.78, 5) is 5.11. The number of ether oxygens (including phenoxy) is 2. The lowest BCUT2D eigenvalue weighted by Gasteiger charge is -1.98. The van der Waals surface area contributed by atoms with Crippen LogP contribution >= 0.6 is 11.3 Å². The molecule has 0 amide bonds. The van der Waals surface area contributed by atoms with Gasteiger partial charge in [-0.1, -0.05) is 0 Å². The minimum absolute atomic E-state index is 0.540. The van der Waals surface area contributed by atoms with Gasteiger partial charge in [0.2, 0.25) is 0 Å². The van der Waals surface area contributed by atoms with Crippen molar-refractivity contribution in [2.45, 2.75) is 13.2 Å². The van der Waals surface area contributed by atoms with Gasteiger partial charge in [0.15, 0.2) is 5.51 Å². The smallest absolute Gasteiger partial charge is 0.152 e. The molecule has 0 N–H and O–H groups in total. The first-order valence-electron chi connectivity index (χ1n) is 3.21. The fourth-order valence-corrected chi connectivity index (χ4v) is 1.41. The molecule has 0 aliphatic carbocycles. The topological polar surface area (TPSA) is 31.4 Å². The normalized spacial score (nSPS) is 10.4. The number of aromatic nitrogens is 1. The summed E-state index contributed by atoms with van der Waals surface area (Å²) >= 11 is 1.47. The molecule has 61 valence electrons. The first-order valence-corrected chi connectivity index (χ1v) is 4.02. The Balaban J connectivity index is 2.62. The first kappa shape index (κ1) is 8.64. The van der Waals surface area contributed by atoms with Crippen LogP contribution in [0.2, 0.25) is 0 Å². The first-order chi connectivity index (χ1) is 5.38. The Morgan fingerprint density at radius 1 is 1.36 bits per heavy atom. The lowest BCUT2D eigenvalue weighted by molar-refractivity contribution is 0.168. The zero-order valence-electron chi connectivity index (χ0n) is 6.59. The molecular weight excluding hydrogens is 162 g/mol. The van der Waals surface area contributed by atoms with Crippen molar-refractivity contribution in [2.24, 2.45) is 0 Å². The average molecular weight is 172 g/mol. The van der Waals surface area contributed by atoms with E-state index in [4.69, 9.17) is 9.47 Å². The Morgan fingerprint density at radius 3 is 2.73 bits per heavy atom. The average Bonchev–Trinajstić information content (AvgIpc) is 2.39. The molecule has 0 aliphatic rings. The third kappa shape index (κ3) is 2.25. The molecule has 3 nitrogen and oxygen atoms in total. The second-order valence-electron chi connectivity index (χ2n) is 2.04. The molecule has 11 heavy (non-hydrogen) atoms. The molecule has 1 aromatic rings. The maximum atomic E-state index is 4.97. The fourth-order valence-electron chi connectivity index (χ4n) is 0.748. The van der Waals surface area contributed by atoms with Gasteiger partial charge in [-0.3, -0.25) is 0 Å². The Hall–Kier alpha value is -0.450. The van der Waals surface area contributed by atoms with E-state index in [2.05, 4.69) is 10.5 Å². The van der Waals surface area contributed by atoms with Crippen LogP contribution in [0.15, 0.2) is 0 Å². The lowest BCUT2D eigenvalue weighted by atomic mass is 10.4. The zero-order chi connectivity index (χ0) is 8.10. The minimum atomic E-state index is 0.540. The van der Waals surface area contributed by atoms with E-state index in [1.54, 1.807) is 14.2 Å². The fraction of sp³-hybridized carbons (Fsp3) is 0.571. The third-order valence-corrected chi connectivity index (χ3v) is 2.01. The molecule has 0 bridgehead atoms. The van der Waals surface area contributed by atoms with Gasteiger partial charge in [-0.15, -0.1) is 11.3 Å². The van der Waals surface area contributed by atoms with Crippen LogP contribution < -0.4 is 0 Å². The Bertz CT molecular complexity index is 191. The van der Waals surface area contributed by atoms with Crippen LogP contribution in [0.5, 0.6) is 0 Å². The number of nitrogens with zero attached hydrogens (tertiary/aromatic N) is 1. The van der Waals surface area contributed by atoms with Gasteiger partial charge in [0.25, 0.3) is 0 Å².